The van der Waals surface area contributed by atoms with Crippen LogP contribution in [0.1, 0.15) is 28.5 Å². The Kier molecular flexibility index (Phi) is 5.71. The number of rotatable bonds is 7. The van der Waals surface area contributed by atoms with Crippen molar-refractivity contribution in [1.29, 1.82) is 0 Å². The van der Waals surface area contributed by atoms with Crippen molar-refractivity contribution < 1.29 is 19.4 Å². The van der Waals surface area contributed by atoms with Crippen LogP contribution in [0.2, 0.25) is 0 Å². The van der Waals surface area contributed by atoms with Gasteiger partial charge in [-0.05, 0) is 36.8 Å². The van der Waals surface area contributed by atoms with Crippen molar-refractivity contribution in [2.75, 3.05) is 13.7 Å². The standard InChI is InChI=1S/C22H21NO4/c1-3-27-21-14-16(26-2)9-10-17(21)19-12-11-18(22(24)25)20(23-19)13-15-7-5-4-6-8-15/h4-12,14H,3,13H2,1-2H3,(H,24,25). The molecule has 0 atom stereocenters. The van der Waals surface area contributed by atoms with Crippen LogP contribution in [-0.4, -0.2) is 29.8 Å². The molecule has 0 amide bonds. The Morgan fingerprint density at radius 1 is 1.07 bits per heavy atom. The first-order valence-corrected chi connectivity index (χ1v) is 8.70. The molecule has 0 spiro atoms. The molecule has 1 aromatic heterocycles. The topological polar surface area (TPSA) is 68.7 Å². The number of benzene rings is 2. The fourth-order valence-corrected chi connectivity index (χ4v) is 2.89. The average Bonchev–Trinajstić information content (AvgIpc) is 2.68. The van der Waals surface area contributed by atoms with Crippen LogP contribution in [0.5, 0.6) is 11.5 Å². The Hall–Kier alpha value is -3.34. The number of hydrogen-bond acceptors (Lipinski definition) is 4. The van der Waals surface area contributed by atoms with Crippen molar-refractivity contribution in [3.63, 3.8) is 0 Å². The largest absolute Gasteiger partial charge is 0.497 e. The Bertz CT molecular complexity index is 938. The highest BCUT2D eigenvalue weighted by molar-refractivity contribution is 5.89. The highest BCUT2D eigenvalue weighted by atomic mass is 16.5. The van der Waals surface area contributed by atoms with Crippen molar-refractivity contribution in [1.82, 2.24) is 4.98 Å². The van der Waals surface area contributed by atoms with E-state index in [0.717, 1.165) is 11.1 Å². The van der Waals surface area contributed by atoms with Gasteiger partial charge in [-0.25, -0.2) is 4.79 Å². The number of carbonyl (C=O) groups is 1. The summed E-state index contributed by atoms with van der Waals surface area (Å²) in [5.41, 5.74) is 3.18. The zero-order chi connectivity index (χ0) is 19.2. The van der Waals surface area contributed by atoms with E-state index in [2.05, 4.69) is 4.98 Å². The summed E-state index contributed by atoms with van der Waals surface area (Å²) in [4.78, 5) is 16.3. The van der Waals surface area contributed by atoms with Gasteiger partial charge >= 0.3 is 5.97 Å². The smallest absolute Gasteiger partial charge is 0.337 e. The molecule has 0 unspecified atom stereocenters. The van der Waals surface area contributed by atoms with E-state index in [1.54, 1.807) is 19.2 Å². The van der Waals surface area contributed by atoms with Crippen LogP contribution in [0.25, 0.3) is 11.3 Å². The summed E-state index contributed by atoms with van der Waals surface area (Å²) < 4.78 is 11.0. The van der Waals surface area contributed by atoms with Gasteiger partial charge in [0.05, 0.1) is 30.7 Å². The SMILES string of the molecule is CCOc1cc(OC)ccc1-c1ccc(C(=O)O)c(Cc2ccccc2)n1. The molecule has 1 N–H and O–H groups in total. The first kappa shape index (κ1) is 18.5. The van der Waals surface area contributed by atoms with Gasteiger partial charge in [-0.15, -0.1) is 0 Å². The molecule has 5 heteroatoms. The van der Waals surface area contributed by atoms with Crippen molar-refractivity contribution in [3.05, 3.63) is 77.5 Å². The van der Waals surface area contributed by atoms with Gasteiger partial charge in [-0.1, -0.05) is 30.3 Å². The van der Waals surface area contributed by atoms with Gasteiger partial charge in [0, 0.05) is 18.1 Å². The number of carboxylic acids is 1. The first-order valence-electron chi connectivity index (χ1n) is 8.70. The minimum Gasteiger partial charge on any atom is -0.497 e. The maximum Gasteiger partial charge on any atom is 0.337 e. The second kappa shape index (κ2) is 8.36. The van der Waals surface area contributed by atoms with Gasteiger partial charge in [0.1, 0.15) is 11.5 Å². The van der Waals surface area contributed by atoms with Crippen LogP contribution in [0.4, 0.5) is 0 Å². The quantitative estimate of drug-likeness (QED) is 0.672. The summed E-state index contributed by atoms with van der Waals surface area (Å²) in [5, 5.41) is 9.53. The molecular weight excluding hydrogens is 342 g/mol. The Labute approximate surface area is 158 Å². The molecule has 5 nitrogen and oxygen atoms in total. The van der Waals surface area contributed by atoms with Crippen molar-refractivity contribution >= 4 is 5.97 Å². The molecule has 0 radical (unpaired) electrons. The van der Waals surface area contributed by atoms with Crippen molar-refractivity contribution in [2.24, 2.45) is 0 Å². The molecule has 27 heavy (non-hydrogen) atoms. The number of aromatic nitrogens is 1. The lowest BCUT2D eigenvalue weighted by Gasteiger charge is -2.13. The predicted molar refractivity (Wildman–Crippen MR) is 104 cm³/mol. The summed E-state index contributed by atoms with van der Waals surface area (Å²) in [5.74, 6) is 0.353. The monoisotopic (exact) mass is 363 g/mol. The Balaban J connectivity index is 2.07. The molecule has 2 aromatic carbocycles. The van der Waals surface area contributed by atoms with E-state index in [-0.39, 0.29) is 5.56 Å². The lowest BCUT2D eigenvalue weighted by atomic mass is 10.0. The van der Waals surface area contributed by atoms with Crippen molar-refractivity contribution in [3.8, 4) is 22.8 Å². The first-order chi connectivity index (χ1) is 13.1. The minimum atomic E-state index is -0.986. The molecule has 0 fully saturated rings. The predicted octanol–water partition coefficient (Wildman–Crippen LogP) is 4.44. The number of carboxylic acid groups (broad SMARTS) is 1. The fraction of sp³-hybridized carbons (Fsp3) is 0.182. The Morgan fingerprint density at radius 2 is 1.85 bits per heavy atom. The van der Waals surface area contributed by atoms with Gasteiger partial charge < -0.3 is 14.6 Å². The Morgan fingerprint density at radius 3 is 2.52 bits per heavy atom. The highest BCUT2D eigenvalue weighted by Crippen LogP contribution is 2.33. The number of nitrogens with zero attached hydrogens (tertiary/aromatic N) is 1. The van der Waals surface area contributed by atoms with Gasteiger partial charge in [0.15, 0.2) is 0 Å². The van der Waals surface area contributed by atoms with Crippen LogP contribution in [-0.2, 0) is 6.42 Å². The zero-order valence-electron chi connectivity index (χ0n) is 15.3. The third-order valence-electron chi connectivity index (χ3n) is 4.18. The number of hydrogen-bond donors (Lipinski definition) is 1. The summed E-state index contributed by atoms with van der Waals surface area (Å²) in [6, 6.07) is 18.5. The molecule has 0 saturated carbocycles. The molecule has 0 aliphatic heterocycles. The van der Waals surface area contributed by atoms with E-state index in [9.17, 15) is 9.90 Å². The third kappa shape index (κ3) is 4.26. The summed E-state index contributed by atoms with van der Waals surface area (Å²) in [6.07, 6.45) is 0.441. The molecule has 0 aliphatic rings. The van der Waals surface area contributed by atoms with Gasteiger partial charge in [-0.2, -0.15) is 0 Å². The van der Waals surface area contributed by atoms with Gasteiger partial charge in [-0.3, -0.25) is 4.98 Å². The second-order valence-corrected chi connectivity index (χ2v) is 5.95. The van der Waals surface area contributed by atoms with Gasteiger partial charge in [0.25, 0.3) is 0 Å². The molecule has 0 aliphatic carbocycles. The molecule has 3 rings (SSSR count). The molecule has 3 aromatic rings. The number of aromatic carboxylic acids is 1. The molecule has 138 valence electrons. The van der Waals surface area contributed by atoms with Crippen LogP contribution in [0.15, 0.2) is 60.7 Å². The molecular formula is C22H21NO4. The number of ether oxygens (including phenoxy) is 2. The lowest BCUT2D eigenvalue weighted by molar-refractivity contribution is 0.0695. The normalized spacial score (nSPS) is 10.4. The maximum atomic E-state index is 11.6. The van der Waals surface area contributed by atoms with Crippen LogP contribution in [0.3, 0.4) is 0 Å². The average molecular weight is 363 g/mol. The maximum absolute atomic E-state index is 11.6. The molecule has 0 bridgehead atoms. The van der Waals surface area contributed by atoms with E-state index in [1.165, 1.54) is 0 Å². The summed E-state index contributed by atoms with van der Waals surface area (Å²) in [6.45, 7) is 2.41. The zero-order valence-corrected chi connectivity index (χ0v) is 15.3. The van der Waals surface area contributed by atoms with Crippen LogP contribution >= 0.6 is 0 Å². The fourth-order valence-electron chi connectivity index (χ4n) is 2.89. The van der Waals surface area contributed by atoms with E-state index in [0.29, 0.717) is 35.9 Å². The summed E-state index contributed by atoms with van der Waals surface area (Å²) >= 11 is 0. The second-order valence-electron chi connectivity index (χ2n) is 5.95. The third-order valence-corrected chi connectivity index (χ3v) is 4.18. The lowest BCUT2D eigenvalue weighted by Crippen LogP contribution is -2.07. The van der Waals surface area contributed by atoms with E-state index >= 15 is 0 Å². The number of pyridine rings is 1. The minimum absolute atomic E-state index is 0.203. The highest BCUT2D eigenvalue weighted by Gasteiger charge is 2.16. The van der Waals surface area contributed by atoms with E-state index in [4.69, 9.17) is 9.47 Å². The van der Waals surface area contributed by atoms with E-state index < -0.39 is 5.97 Å². The summed E-state index contributed by atoms with van der Waals surface area (Å²) in [7, 11) is 1.60. The van der Waals surface area contributed by atoms with Gasteiger partial charge in [0.2, 0.25) is 0 Å². The van der Waals surface area contributed by atoms with Crippen LogP contribution < -0.4 is 9.47 Å². The molecule has 1 heterocycles. The van der Waals surface area contributed by atoms with Crippen molar-refractivity contribution in [2.45, 2.75) is 13.3 Å². The van der Waals surface area contributed by atoms with E-state index in [1.807, 2.05) is 55.5 Å². The van der Waals surface area contributed by atoms with Crippen LogP contribution in [0, 0.1) is 0 Å². The number of methoxy groups -OCH3 is 1. The molecule has 0 saturated heterocycles.